The van der Waals surface area contributed by atoms with Crippen LogP contribution in [0.4, 0.5) is 4.39 Å². The first-order valence-electron chi connectivity index (χ1n) is 6.81. The van der Waals surface area contributed by atoms with E-state index in [-0.39, 0.29) is 18.2 Å². The zero-order valence-corrected chi connectivity index (χ0v) is 12.3. The van der Waals surface area contributed by atoms with E-state index in [1.54, 1.807) is 12.1 Å². The van der Waals surface area contributed by atoms with E-state index in [0.717, 1.165) is 12.8 Å². The maximum atomic E-state index is 13.1. The number of fused-ring (bicyclic) bond motifs is 1. The summed E-state index contributed by atoms with van der Waals surface area (Å²) in [6.07, 6.45) is 2.23. The van der Waals surface area contributed by atoms with Crippen molar-refractivity contribution in [2.45, 2.75) is 24.8 Å². The number of benzene rings is 2. The summed E-state index contributed by atoms with van der Waals surface area (Å²) in [5, 5.41) is 3.38. The van der Waals surface area contributed by atoms with E-state index in [4.69, 9.17) is 0 Å². The van der Waals surface area contributed by atoms with Crippen LogP contribution in [0.5, 0.6) is 0 Å². The predicted octanol–water partition coefficient (Wildman–Crippen LogP) is 4.43. The van der Waals surface area contributed by atoms with Gasteiger partial charge in [0.15, 0.2) is 0 Å². The van der Waals surface area contributed by atoms with Gasteiger partial charge in [-0.25, -0.2) is 4.39 Å². The number of hydrogen-bond acceptors (Lipinski definition) is 1. The van der Waals surface area contributed by atoms with Gasteiger partial charge in [-0.2, -0.15) is 0 Å². The molecule has 1 aliphatic rings. The fourth-order valence-corrected chi connectivity index (χ4v) is 3.13. The van der Waals surface area contributed by atoms with Crippen LogP contribution in [0.3, 0.4) is 0 Å². The Labute approximate surface area is 125 Å². The number of rotatable bonds is 2. The van der Waals surface area contributed by atoms with E-state index >= 15 is 0 Å². The Balaban J connectivity index is 0.00000147. The van der Waals surface area contributed by atoms with Crippen LogP contribution in [0.1, 0.15) is 41.5 Å². The standard InChI is InChI=1S/C17H18FN.ClH/c1-19-17-11-10-14(12-6-8-13(18)9-7-12)15-4-2-3-5-16(15)17;/h2-9,14,17,19H,10-11H2,1H3;1H/t14?,17-;/m1./s1. The molecular formula is C17H19ClFN. The van der Waals surface area contributed by atoms with Crippen molar-refractivity contribution >= 4 is 12.4 Å². The Hall–Kier alpha value is -1.38. The van der Waals surface area contributed by atoms with Crippen LogP contribution in [0, 0.1) is 5.82 Å². The Bertz CT molecular complexity index is 567. The summed E-state index contributed by atoms with van der Waals surface area (Å²) in [6.45, 7) is 0. The highest BCUT2D eigenvalue weighted by Gasteiger charge is 2.26. The molecule has 106 valence electrons. The van der Waals surface area contributed by atoms with Gasteiger partial charge in [-0.05, 0) is 48.7 Å². The minimum absolute atomic E-state index is 0. The Morgan fingerprint density at radius 1 is 0.950 bits per heavy atom. The summed E-state index contributed by atoms with van der Waals surface area (Å²) in [7, 11) is 2.01. The molecule has 2 atom stereocenters. The smallest absolute Gasteiger partial charge is 0.123 e. The lowest BCUT2D eigenvalue weighted by atomic mass is 9.77. The van der Waals surface area contributed by atoms with Crippen LogP contribution in [0.15, 0.2) is 48.5 Å². The molecule has 0 amide bonds. The second-order valence-corrected chi connectivity index (χ2v) is 5.15. The van der Waals surface area contributed by atoms with Crippen LogP contribution in [-0.2, 0) is 0 Å². The molecule has 0 spiro atoms. The summed E-state index contributed by atoms with van der Waals surface area (Å²) < 4.78 is 13.1. The third-order valence-electron chi connectivity index (χ3n) is 4.11. The molecule has 20 heavy (non-hydrogen) atoms. The molecule has 0 heterocycles. The van der Waals surface area contributed by atoms with Crippen molar-refractivity contribution in [2.75, 3.05) is 7.05 Å². The van der Waals surface area contributed by atoms with Crippen molar-refractivity contribution in [1.29, 1.82) is 0 Å². The molecule has 0 bridgehead atoms. The number of nitrogens with one attached hydrogen (secondary N) is 1. The number of hydrogen-bond donors (Lipinski definition) is 1. The Morgan fingerprint density at radius 2 is 1.60 bits per heavy atom. The first-order valence-corrected chi connectivity index (χ1v) is 6.81. The molecule has 0 saturated carbocycles. The lowest BCUT2D eigenvalue weighted by molar-refractivity contribution is 0.470. The molecule has 3 heteroatoms. The molecule has 0 aliphatic heterocycles. The average Bonchev–Trinajstić information content (AvgIpc) is 2.47. The molecule has 2 aromatic rings. The Morgan fingerprint density at radius 3 is 2.25 bits per heavy atom. The Kier molecular flexibility index (Phi) is 4.79. The minimum Gasteiger partial charge on any atom is -0.313 e. The third-order valence-corrected chi connectivity index (χ3v) is 4.11. The van der Waals surface area contributed by atoms with Gasteiger partial charge < -0.3 is 5.32 Å². The molecule has 0 fully saturated rings. The second kappa shape index (κ2) is 6.38. The van der Waals surface area contributed by atoms with E-state index in [9.17, 15) is 4.39 Å². The molecule has 1 unspecified atom stereocenters. The first-order chi connectivity index (χ1) is 9.29. The predicted molar refractivity (Wildman–Crippen MR) is 83.0 cm³/mol. The highest BCUT2D eigenvalue weighted by molar-refractivity contribution is 5.85. The van der Waals surface area contributed by atoms with Crippen molar-refractivity contribution in [3.05, 3.63) is 71.0 Å². The summed E-state index contributed by atoms with van der Waals surface area (Å²) in [6, 6.07) is 16.0. The molecule has 0 saturated heterocycles. The van der Waals surface area contributed by atoms with Gasteiger partial charge >= 0.3 is 0 Å². The van der Waals surface area contributed by atoms with E-state index in [1.165, 1.54) is 16.7 Å². The highest BCUT2D eigenvalue weighted by atomic mass is 35.5. The van der Waals surface area contributed by atoms with E-state index < -0.39 is 0 Å². The summed E-state index contributed by atoms with van der Waals surface area (Å²) >= 11 is 0. The molecule has 2 aromatic carbocycles. The van der Waals surface area contributed by atoms with Gasteiger partial charge in [-0.15, -0.1) is 12.4 Å². The zero-order chi connectivity index (χ0) is 13.2. The van der Waals surface area contributed by atoms with Crippen molar-refractivity contribution in [3.8, 4) is 0 Å². The van der Waals surface area contributed by atoms with Crippen molar-refractivity contribution < 1.29 is 4.39 Å². The van der Waals surface area contributed by atoms with E-state index in [0.29, 0.717) is 12.0 Å². The van der Waals surface area contributed by atoms with Crippen molar-refractivity contribution in [2.24, 2.45) is 0 Å². The minimum atomic E-state index is -0.166. The highest BCUT2D eigenvalue weighted by Crippen LogP contribution is 2.40. The second-order valence-electron chi connectivity index (χ2n) is 5.15. The molecule has 0 radical (unpaired) electrons. The van der Waals surface area contributed by atoms with Crippen LogP contribution in [0.2, 0.25) is 0 Å². The van der Waals surface area contributed by atoms with Crippen LogP contribution >= 0.6 is 12.4 Å². The van der Waals surface area contributed by atoms with Gasteiger partial charge in [0.25, 0.3) is 0 Å². The topological polar surface area (TPSA) is 12.0 Å². The van der Waals surface area contributed by atoms with E-state index in [2.05, 4.69) is 29.6 Å². The molecular weight excluding hydrogens is 273 g/mol. The lowest BCUT2D eigenvalue weighted by Crippen LogP contribution is -2.24. The fourth-order valence-electron chi connectivity index (χ4n) is 3.13. The van der Waals surface area contributed by atoms with Crippen LogP contribution in [0.25, 0.3) is 0 Å². The van der Waals surface area contributed by atoms with Gasteiger partial charge in [0.1, 0.15) is 5.82 Å². The molecule has 1 N–H and O–H groups in total. The van der Waals surface area contributed by atoms with Crippen molar-refractivity contribution in [3.63, 3.8) is 0 Å². The molecule has 3 rings (SSSR count). The van der Waals surface area contributed by atoms with Gasteiger partial charge in [0, 0.05) is 12.0 Å². The summed E-state index contributed by atoms with van der Waals surface area (Å²) in [5.74, 6) is 0.224. The van der Waals surface area contributed by atoms with Gasteiger partial charge in [0.2, 0.25) is 0 Å². The largest absolute Gasteiger partial charge is 0.313 e. The third kappa shape index (κ3) is 2.72. The molecule has 1 aliphatic carbocycles. The van der Waals surface area contributed by atoms with Gasteiger partial charge in [0.05, 0.1) is 0 Å². The number of halogens is 2. The first kappa shape index (κ1) is 15.0. The fraction of sp³-hybridized carbons (Fsp3) is 0.294. The lowest BCUT2D eigenvalue weighted by Gasteiger charge is -2.31. The normalized spacial score (nSPS) is 20.9. The molecule has 0 aromatic heterocycles. The van der Waals surface area contributed by atoms with Crippen LogP contribution < -0.4 is 5.32 Å². The quantitative estimate of drug-likeness (QED) is 0.863. The summed E-state index contributed by atoms with van der Waals surface area (Å²) in [4.78, 5) is 0. The maximum Gasteiger partial charge on any atom is 0.123 e. The zero-order valence-electron chi connectivity index (χ0n) is 11.5. The van der Waals surface area contributed by atoms with Gasteiger partial charge in [-0.1, -0.05) is 36.4 Å². The SMILES string of the molecule is CN[C@@H]1CCC(c2ccc(F)cc2)c2ccccc21.Cl. The van der Waals surface area contributed by atoms with Crippen molar-refractivity contribution in [1.82, 2.24) is 5.32 Å². The average molecular weight is 292 g/mol. The maximum absolute atomic E-state index is 13.1. The monoisotopic (exact) mass is 291 g/mol. The van der Waals surface area contributed by atoms with Crippen LogP contribution in [-0.4, -0.2) is 7.05 Å². The van der Waals surface area contributed by atoms with Gasteiger partial charge in [-0.3, -0.25) is 0 Å². The van der Waals surface area contributed by atoms with E-state index in [1.807, 2.05) is 19.2 Å². The molecule has 1 nitrogen and oxygen atoms in total. The summed E-state index contributed by atoms with van der Waals surface area (Å²) in [5.41, 5.74) is 3.97.